The summed E-state index contributed by atoms with van der Waals surface area (Å²) in [4.78, 5) is 26.3. The number of aliphatic hydroxyl groups is 3. The Morgan fingerprint density at radius 3 is 2.46 bits per heavy atom. The molecule has 1 aromatic carbocycles. The lowest BCUT2D eigenvalue weighted by atomic mass is 10.0. The second-order valence-corrected chi connectivity index (χ2v) is 5.72. The summed E-state index contributed by atoms with van der Waals surface area (Å²) in [6.45, 7) is -0.255. The zero-order valence-corrected chi connectivity index (χ0v) is 12.7. The standard InChI is InChI=1S/C16H18N2O6/c19-8-11-12(20)13(21)14(24-11)10-7-18(16(23)17-15(10)22)6-9-4-2-1-3-5-9/h1-5,7,11-14,19-21H,6,8H2,(H,17,22,23)/t11-,12?,13?,14+/m1/s1. The third-order valence-corrected chi connectivity index (χ3v) is 4.08. The van der Waals surface area contributed by atoms with Crippen LogP contribution in [0.4, 0.5) is 0 Å². The Bertz CT molecular complexity index is 815. The topological polar surface area (TPSA) is 125 Å². The molecule has 8 nitrogen and oxygen atoms in total. The van der Waals surface area contributed by atoms with Gasteiger partial charge in [0.25, 0.3) is 5.56 Å². The van der Waals surface area contributed by atoms with Crippen LogP contribution in [0, 0.1) is 0 Å². The number of rotatable bonds is 4. The molecular formula is C16H18N2O6. The Morgan fingerprint density at radius 1 is 1.12 bits per heavy atom. The van der Waals surface area contributed by atoms with Crippen LogP contribution in [-0.4, -0.2) is 49.8 Å². The molecule has 0 aliphatic carbocycles. The minimum atomic E-state index is -1.37. The maximum absolute atomic E-state index is 12.1. The number of benzene rings is 1. The van der Waals surface area contributed by atoms with Crippen molar-refractivity contribution in [3.63, 3.8) is 0 Å². The number of aromatic nitrogens is 2. The van der Waals surface area contributed by atoms with E-state index in [2.05, 4.69) is 4.98 Å². The van der Waals surface area contributed by atoms with Crippen molar-refractivity contribution in [3.8, 4) is 0 Å². The lowest BCUT2D eigenvalue weighted by Gasteiger charge is -2.15. The zero-order valence-electron chi connectivity index (χ0n) is 12.7. The van der Waals surface area contributed by atoms with Crippen LogP contribution in [0.2, 0.25) is 0 Å². The normalized spacial score (nSPS) is 26.6. The van der Waals surface area contributed by atoms with Gasteiger partial charge in [-0.25, -0.2) is 4.79 Å². The quantitative estimate of drug-likeness (QED) is 0.553. The molecule has 8 heteroatoms. The predicted molar refractivity (Wildman–Crippen MR) is 83.6 cm³/mol. The van der Waals surface area contributed by atoms with Gasteiger partial charge in [0, 0.05) is 6.20 Å². The van der Waals surface area contributed by atoms with E-state index in [-0.39, 0.29) is 12.1 Å². The van der Waals surface area contributed by atoms with Crippen LogP contribution in [0.1, 0.15) is 17.2 Å². The van der Waals surface area contributed by atoms with Crippen molar-refractivity contribution >= 4 is 0 Å². The first-order chi connectivity index (χ1) is 11.5. The largest absolute Gasteiger partial charge is 0.394 e. The Morgan fingerprint density at radius 2 is 1.83 bits per heavy atom. The molecule has 1 aliphatic heterocycles. The van der Waals surface area contributed by atoms with Gasteiger partial charge >= 0.3 is 5.69 Å². The zero-order chi connectivity index (χ0) is 17.3. The summed E-state index contributed by atoms with van der Waals surface area (Å²) in [5.74, 6) is 0. The smallest absolute Gasteiger partial charge is 0.328 e. The summed E-state index contributed by atoms with van der Waals surface area (Å²) in [6, 6.07) is 9.19. The fourth-order valence-electron chi connectivity index (χ4n) is 2.78. The van der Waals surface area contributed by atoms with Crippen LogP contribution < -0.4 is 11.2 Å². The van der Waals surface area contributed by atoms with Crippen molar-refractivity contribution in [1.29, 1.82) is 0 Å². The highest BCUT2D eigenvalue weighted by Crippen LogP contribution is 2.31. The number of nitrogens with one attached hydrogen (secondary N) is 1. The minimum Gasteiger partial charge on any atom is -0.394 e. The summed E-state index contributed by atoms with van der Waals surface area (Å²) in [5.41, 5.74) is -0.398. The average Bonchev–Trinajstić information content (AvgIpc) is 2.86. The predicted octanol–water partition coefficient (Wildman–Crippen LogP) is -1.26. The molecule has 24 heavy (non-hydrogen) atoms. The van der Waals surface area contributed by atoms with E-state index in [0.717, 1.165) is 5.56 Å². The number of H-pyrrole nitrogens is 1. The molecule has 0 saturated carbocycles. The van der Waals surface area contributed by atoms with Gasteiger partial charge in [0.15, 0.2) is 0 Å². The molecular weight excluding hydrogens is 316 g/mol. The molecule has 3 rings (SSSR count). The second kappa shape index (κ2) is 6.70. The van der Waals surface area contributed by atoms with E-state index in [9.17, 15) is 19.8 Å². The van der Waals surface area contributed by atoms with Crippen molar-refractivity contribution < 1.29 is 20.1 Å². The number of hydrogen-bond donors (Lipinski definition) is 4. The number of aromatic amines is 1. The average molecular weight is 334 g/mol. The summed E-state index contributed by atoms with van der Waals surface area (Å²) >= 11 is 0. The van der Waals surface area contributed by atoms with Crippen molar-refractivity contribution in [2.24, 2.45) is 0 Å². The van der Waals surface area contributed by atoms with Crippen LogP contribution in [0.15, 0.2) is 46.1 Å². The van der Waals surface area contributed by atoms with E-state index in [1.807, 2.05) is 30.3 Å². The first kappa shape index (κ1) is 16.6. The molecule has 4 N–H and O–H groups in total. The van der Waals surface area contributed by atoms with E-state index in [1.165, 1.54) is 10.8 Å². The molecule has 0 radical (unpaired) electrons. The van der Waals surface area contributed by atoms with Crippen LogP contribution in [0.5, 0.6) is 0 Å². The molecule has 1 aliphatic rings. The summed E-state index contributed by atoms with van der Waals surface area (Å²) < 4.78 is 6.65. The third kappa shape index (κ3) is 3.04. The maximum atomic E-state index is 12.1. The second-order valence-electron chi connectivity index (χ2n) is 5.72. The highest BCUT2D eigenvalue weighted by molar-refractivity contribution is 5.18. The first-order valence-electron chi connectivity index (χ1n) is 7.51. The van der Waals surface area contributed by atoms with Crippen molar-refractivity contribution in [2.45, 2.75) is 31.0 Å². The number of ether oxygens (including phenoxy) is 1. The van der Waals surface area contributed by atoms with Gasteiger partial charge in [0.2, 0.25) is 0 Å². The van der Waals surface area contributed by atoms with Gasteiger partial charge in [0.05, 0.1) is 18.7 Å². The molecule has 2 aromatic rings. The molecule has 0 bridgehead atoms. The van der Waals surface area contributed by atoms with Crippen molar-refractivity contribution in [2.75, 3.05) is 6.61 Å². The molecule has 1 aromatic heterocycles. The lowest BCUT2D eigenvalue weighted by molar-refractivity contribution is -0.0233. The SMILES string of the molecule is O=c1[nH]c(=O)n(Cc2ccccc2)cc1[C@@H]1O[C@H](CO)C(O)C1O. The Labute approximate surface area is 136 Å². The van der Waals surface area contributed by atoms with Gasteiger partial charge in [-0.1, -0.05) is 30.3 Å². The lowest BCUT2D eigenvalue weighted by Crippen LogP contribution is -2.36. The molecule has 4 atom stereocenters. The molecule has 0 amide bonds. The summed E-state index contributed by atoms with van der Waals surface area (Å²) in [7, 11) is 0. The van der Waals surface area contributed by atoms with Gasteiger partial charge in [-0.2, -0.15) is 0 Å². The Hall–Kier alpha value is -2.26. The van der Waals surface area contributed by atoms with Gasteiger partial charge in [0.1, 0.15) is 24.4 Å². The first-order valence-corrected chi connectivity index (χ1v) is 7.51. The molecule has 128 valence electrons. The summed E-state index contributed by atoms with van der Waals surface area (Å²) in [5, 5.41) is 29.0. The van der Waals surface area contributed by atoms with Crippen LogP contribution >= 0.6 is 0 Å². The fourth-order valence-corrected chi connectivity index (χ4v) is 2.78. The van der Waals surface area contributed by atoms with Gasteiger partial charge in [-0.05, 0) is 5.56 Å². The van der Waals surface area contributed by atoms with E-state index in [4.69, 9.17) is 9.84 Å². The fraction of sp³-hybridized carbons (Fsp3) is 0.375. The van der Waals surface area contributed by atoms with Crippen LogP contribution in [0.3, 0.4) is 0 Å². The van der Waals surface area contributed by atoms with Crippen LogP contribution in [-0.2, 0) is 11.3 Å². The minimum absolute atomic E-state index is 0.0213. The van der Waals surface area contributed by atoms with Gasteiger partial charge in [-0.15, -0.1) is 0 Å². The Balaban J connectivity index is 1.96. The highest BCUT2D eigenvalue weighted by Gasteiger charge is 2.44. The van der Waals surface area contributed by atoms with E-state index >= 15 is 0 Å². The highest BCUT2D eigenvalue weighted by atomic mass is 16.6. The van der Waals surface area contributed by atoms with Crippen molar-refractivity contribution in [1.82, 2.24) is 9.55 Å². The van der Waals surface area contributed by atoms with E-state index in [1.54, 1.807) is 0 Å². The van der Waals surface area contributed by atoms with E-state index in [0.29, 0.717) is 0 Å². The Kier molecular flexibility index (Phi) is 4.63. The summed E-state index contributed by atoms with van der Waals surface area (Å²) in [6.07, 6.45) is -3.48. The van der Waals surface area contributed by atoms with Gasteiger partial charge in [-0.3, -0.25) is 14.3 Å². The van der Waals surface area contributed by atoms with E-state index < -0.39 is 42.3 Å². The number of hydrogen-bond acceptors (Lipinski definition) is 6. The third-order valence-electron chi connectivity index (χ3n) is 4.08. The molecule has 1 saturated heterocycles. The number of aliphatic hydroxyl groups excluding tert-OH is 3. The molecule has 0 spiro atoms. The maximum Gasteiger partial charge on any atom is 0.328 e. The van der Waals surface area contributed by atoms with Gasteiger partial charge < -0.3 is 20.1 Å². The van der Waals surface area contributed by atoms with Crippen LogP contribution in [0.25, 0.3) is 0 Å². The molecule has 2 unspecified atom stereocenters. The number of nitrogens with zero attached hydrogens (tertiary/aromatic N) is 1. The van der Waals surface area contributed by atoms with Crippen molar-refractivity contribution in [3.05, 3.63) is 68.5 Å². The molecule has 2 heterocycles. The monoisotopic (exact) mass is 334 g/mol. The molecule has 1 fully saturated rings.